The molecule has 0 saturated carbocycles. The summed E-state index contributed by atoms with van der Waals surface area (Å²) in [6.45, 7) is -0.679. The monoisotopic (exact) mass is 449 g/mol. The van der Waals surface area contributed by atoms with E-state index in [2.05, 4.69) is 10.4 Å². The van der Waals surface area contributed by atoms with Gasteiger partial charge in [0.05, 0.1) is 16.8 Å². The number of alkyl halides is 4. The summed E-state index contributed by atoms with van der Waals surface area (Å²) in [5.41, 5.74) is -1.08. The summed E-state index contributed by atoms with van der Waals surface area (Å²) in [6.07, 6.45) is 0.562. The number of carbonyl (C=O) groups excluding carboxylic acids is 1. The van der Waals surface area contributed by atoms with E-state index in [9.17, 15) is 22.4 Å². The molecule has 0 aliphatic heterocycles. The van der Waals surface area contributed by atoms with Crippen LogP contribution in [0.25, 0.3) is 5.70 Å². The minimum absolute atomic E-state index is 0.144. The highest BCUT2D eigenvalue weighted by Crippen LogP contribution is 2.34. The van der Waals surface area contributed by atoms with Gasteiger partial charge in [0, 0.05) is 11.1 Å². The van der Waals surface area contributed by atoms with Gasteiger partial charge in [-0.25, -0.2) is 9.07 Å². The molecule has 11 heteroatoms. The number of amides is 1. The minimum Gasteiger partial charge on any atom is -0.467 e. The Kier molecular flexibility index (Phi) is 6.18. The van der Waals surface area contributed by atoms with Gasteiger partial charge in [-0.3, -0.25) is 4.79 Å². The van der Waals surface area contributed by atoms with E-state index in [4.69, 9.17) is 27.9 Å². The van der Waals surface area contributed by atoms with Gasteiger partial charge in [-0.05, 0) is 30.7 Å². The Morgan fingerprint density at radius 1 is 1.34 bits per heavy atom. The molecule has 0 fully saturated rings. The van der Waals surface area contributed by atoms with Crippen molar-refractivity contribution in [3.05, 3.63) is 59.0 Å². The average molecular weight is 450 g/mol. The molecule has 0 saturated heterocycles. The molecule has 2 aromatic rings. The lowest BCUT2D eigenvalue weighted by molar-refractivity contribution is -0.141. The zero-order chi connectivity index (χ0) is 21.2. The average Bonchev–Trinajstić information content (AvgIpc) is 3.07. The summed E-state index contributed by atoms with van der Waals surface area (Å²) in [5.74, 6) is -1.87. The summed E-state index contributed by atoms with van der Waals surface area (Å²) < 4.78 is 59.1. The molecule has 1 amide bonds. The summed E-state index contributed by atoms with van der Waals surface area (Å²) in [6, 6.07) is 4.29. The van der Waals surface area contributed by atoms with Gasteiger partial charge in [-0.15, -0.1) is 11.6 Å². The number of nitrogens with one attached hydrogen (secondary N) is 1. The molecular formula is C18H13Cl2F4N3O2. The molecule has 1 aliphatic carbocycles. The smallest absolute Gasteiger partial charge is 0.435 e. The van der Waals surface area contributed by atoms with Crippen LogP contribution in [0.3, 0.4) is 0 Å². The molecule has 1 aliphatic rings. The second kappa shape index (κ2) is 8.46. The summed E-state index contributed by atoms with van der Waals surface area (Å²) in [7, 11) is 0. The zero-order valence-corrected chi connectivity index (χ0v) is 16.0. The maximum absolute atomic E-state index is 13.8. The molecule has 1 aromatic carbocycles. The van der Waals surface area contributed by atoms with Crippen molar-refractivity contribution in [1.29, 1.82) is 0 Å². The Morgan fingerprint density at radius 3 is 2.76 bits per heavy atom. The van der Waals surface area contributed by atoms with Crippen molar-refractivity contribution in [2.75, 3.05) is 11.9 Å². The molecule has 0 radical (unpaired) electrons. The van der Waals surface area contributed by atoms with Gasteiger partial charge < -0.3 is 10.1 Å². The third-order valence-electron chi connectivity index (χ3n) is 3.84. The lowest BCUT2D eigenvalue weighted by Gasteiger charge is -2.17. The highest BCUT2D eigenvalue weighted by Gasteiger charge is 2.36. The van der Waals surface area contributed by atoms with E-state index in [-0.39, 0.29) is 22.3 Å². The fourth-order valence-electron chi connectivity index (χ4n) is 2.50. The third kappa shape index (κ3) is 5.10. The Labute approximate surface area is 172 Å². The number of allylic oxidation sites excluding steroid dienone is 4. The van der Waals surface area contributed by atoms with E-state index < -0.39 is 35.6 Å². The molecule has 29 heavy (non-hydrogen) atoms. The zero-order valence-electron chi connectivity index (χ0n) is 14.5. The number of benzene rings is 1. The summed E-state index contributed by atoms with van der Waals surface area (Å²) in [5, 5.41) is 5.29. The number of nitrogens with zero attached hydrogens (tertiary/aromatic N) is 2. The van der Waals surface area contributed by atoms with E-state index in [1.165, 1.54) is 18.2 Å². The van der Waals surface area contributed by atoms with E-state index in [0.717, 1.165) is 10.7 Å². The van der Waals surface area contributed by atoms with Crippen LogP contribution in [0.2, 0.25) is 5.02 Å². The lowest BCUT2D eigenvalue weighted by Crippen LogP contribution is -2.22. The second-order valence-electron chi connectivity index (χ2n) is 5.96. The Morgan fingerprint density at radius 2 is 2.10 bits per heavy atom. The predicted octanol–water partition coefficient (Wildman–Crippen LogP) is 5.12. The fourth-order valence-corrected chi connectivity index (χ4v) is 2.93. The van der Waals surface area contributed by atoms with Crippen LogP contribution in [0.1, 0.15) is 12.1 Å². The van der Waals surface area contributed by atoms with Crippen LogP contribution in [-0.4, -0.2) is 27.7 Å². The van der Waals surface area contributed by atoms with Crippen LogP contribution in [0.4, 0.5) is 23.2 Å². The predicted molar refractivity (Wildman–Crippen MR) is 100 cm³/mol. The first-order valence-electron chi connectivity index (χ1n) is 8.21. The summed E-state index contributed by atoms with van der Waals surface area (Å²) in [4.78, 5) is 12.0. The molecule has 0 spiro atoms. The van der Waals surface area contributed by atoms with Crippen molar-refractivity contribution in [2.45, 2.75) is 18.0 Å². The van der Waals surface area contributed by atoms with Gasteiger partial charge in [-0.2, -0.15) is 18.3 Å². The number of aromatic nitrogens is 2. The molecule has 5 nitrogen and oxygen atoms in total. The molecule has 0 bridgehead atoms. The van der Waals surface area contributed by atoms with Crippen LogP contribution >= 0.6 is 23.2 Å². The third-order valence-corrected chi connectivity index (χ3v) is 4.47. The number of hydrogen-bond donors (Lipinski definition) is 1. The first-order valence-corrected chi connectivity index (χ1v) is 9.02. The van der Waals surface area contributed by atoms with Crippen LogP contribution in [0, 0.1) is 5.82 Å². The molecule has 1 atom stereocenters. The highest BCUT2D eigenvalue weighted by atomic mass is 35.5. The number of hydrogen-bond acceptors (Lipinski definition) is 3. The fraction of sp³-hybridized carbons (Fsp3) is 0.222. The van der Waals surface area contributed by atoms with E-state index in [1.807, 2.05) is 0 Å². The van der Waals surface area contributed by atoms with Gasteiger partial charge in [0.2, 0.25) is 5.88 Å². The van der Waals surface area contributed by atoms with Crippen molar-refractivity contribution in [1.82, 2.24) is 9.78 Å². The Hall–Kier alpha value is -2.52. The Bertz CT molecular complexity index is 986. The molecule has 1 unspecified atom stereocenters. The maximum atomic E-state index is 13.8. The lowest BCUT2D eigenvalue weighted by atomic mass is 10.1. The van der Waals surface area contributed by atoms with Crippen molar-refractivity contribution in [3.8, 4) is 5.88 Å². The number of ether oxygens (including phenoxy) is 1. The number of halogens is 6. The van der Waals surface area contributed by atoms with Crippen LogP contribution in [0.15, 0.2) is 42.5 Å². The van der Waals surface area contributed by atoms with Gasteiger partial charge >= 0.3 is 6.18 Å². The second-order valence-corrected chi connectivity index (χ2v) is 6.92. The molecule has 1 N–H and O–H groups in total. The largest absolute Gasteiger partial charge is 0.467 e. The van der Waals surface area contributed by atoms with Crippen LogP contribution < -0.4 is 10.1 Å². The van der Waals surface area contributed by atoms with Crippen LogP contribution in [0.5, 0.6) is 5.88 Å². The first-order chi connectivity index (χ1) is 13.6. The van der Waals surface area contributed by atoms with Gasteiger partial charge in [-0.1, -0.05) is 23.8 Å². The van der Waals surface area contributed by atoms with E-state index in [0.29, 0.717) is 12.5 Å². The normalized spacial score (nSPS) is 16.5. The van der Waals surface area contributed by atoms with E-state index >= 15 is 0 Å². The molecular weight excluding hydrogens is 437 g/mol. The first kappa shape index (κ1) is 21.2. The Balaban J connectivity index is 1.79. The van der Waals surface area contributed by atoms with E-state index in [1.54, 1.807) is 12.2 Å². The van der Waals surface area contributed by atoms with Crippen molar-refractivity contribution < 1.29 is 27.1 Å². The quantitative estimate of drug-likeness (QED) is 0.509. The number of anilines is 1. The SMILES string of the molecule is O=C(COc1cc(C(F)(F)F)nn1C1=CC=CCC1Cl)Nc1ccc(Cl)cc1F. The van der Waals surface area contributed by atoms with Gasteiger partial charge in [0.15, 0.2) is 12.3 Å². The maximum Gasteiger partial charge on any atom is 0.435 e. The van der Waals surface area contributed by atoms with Crippen LogP contribution in [-0.2, 0) is 11.0 Å². The van der Waals surface area contributed by atoms with Crippen molar-refractivity contribution >= 4 is 40.5 Å². The minimum atomic E-state index is -4.72. The molecule has 1 aromatic heterocycles. The topological polar surface area (TPSA) is 56.1 Å². The number of rotatable bonds is 5. The standard InChI is InChI=1S/C18H13Cl2F4N3O2/c19-10-5-6-13(12(21)7-10)25-16(28)9-29-17-8-15(18(22,23)24)26-27(17)14-4-2-1-3-11(14)20/h1-2,4-8,11H,3,9H2,(H,25,28). The van der Waals surface area contributed by atoms with Gasteiger partial charge in [0.1, 0.15) is 5.82 Å². The highest BCUT2D eigenvalue weighted by molar-refractivity contribution is 6.30. The van der Waals surface area contributed by atoms with Crippen molar-refractivity contribution in [3.63, 3.8) is 0 Å². The molecule has 154 valence electrons. The molecule has 1 heterocycles. The van der Waals surface area contributed by atoms with Crippen molar-refractivity contribution in [2.24, 2.45) is 0 Å². The summed E-state index contributed by atoms with van der Waals surface area (Å²) >= 11 is 11.8. The molecule has 3 rings (SSSR count). The number of carbonyl (C=O) groups is 1. The van der Waals surface area contributed by atoms with Gasteiger partial charge in [0.25, 0.3) is 5.91 Å².